The number of methoxy groups -OCH3 is 1. The van der Waals surface area contributed by atoms with Crippen molar-refractivity contribution in [2.24, 2.45) is 0 Å². The molecule has 2 fully saturated rings. The van der Waals surface area contributed by atoms with Gasteiger partial charge in [-0.25, -0.2) is 0 Å². The Labute approximate surface area is 232 Å². The van der Waals surface area contributed by atoms with Gasteiger partial charge in [-0.3, -0.25) is 4.79 Å². The summed E-state index contributed by atoms with van der Waals surface area (Å²) in [6.07, 6.45) is -13.1. The maximum Gasteiger partial charge on any atom is 0.229 e. The minimum Gasteiger partial charge on any atom is -0.508 e. The predicted molar refractivity (Wildman–Crippen MR) is 137 cm³/mol. The second-order valence-electron chi connectivity index (χ2n) is 9.81. The number of ether oxygens (including phenoxy) is 5. The average molecular weight is 579 g/mol. The van der Waals surface area contributed by atoms with Crippen molar-refractivity contribution in [3.8, 4) is 34.3 Å². The van der Waals surface area contributed by atoms with Gasteiger partial charge in [0.05, 0.1) is 19.8 Å². The molecule has 0 spiro atoms. The molecule has 7 N–H and O–H groups in total. The Balaban J connectivity index is 1.36. The number of aromatic hydroxyl groups is 2. The maximum atomic E-state index is 13.0. The van der Waals surface area contributed by atoms with Crippen LogP contribution in [0.2, 0.25) is 0 Å². The molecule has 14 heteroatoms. The van der Waals surface area contributed by atoms with E-state index >= 15 is 0 Å². The number of hydrogen-bond acceptors (Lipinski definition) is 14. The number of hydrogen-bond donors (Lipinski definition) is 7. The van der Waals surface area contributed by atoms with E-state index < -0.39 is 66.5 Å². The average Bonchev–Trinajstić information content (AvgIpc) is 2.95. The highest BCUT2D eigenvalue weighted by molar-refractivity contribution is 5.89. The van der Waals surface area contributed by atoms with Crippen molar-refractivity contribution in [2.75, 3.05) is 13.7 Å². The first-order valence-corrected chi connectivity index (χ1v) is 12.7. The molecule has 0 radical (unpaired) electrons. The van der Waals surface area contributed by atoms with Gasteiger partial charge in [0.15, 0.2) is 23.2 Å². The van der Waals surface area contributed by atoms with E-state index in [1.165, 1.54) is 32.2 Å². The van der Waals surface area contributed by atoms with Gasteiger partial charge in [-0.1, -0.05) is 0 Å². The SMILES string of the molecule is COc1cc2oc(-c3ccc(O)cc3)cc(=O)c2c(O)c1OC1OCC(OC2OC(C)C(O)C(O)C2O)C(O)C1O. The van der Waals surface area contributed by atoms with Gasteiger partial charge in [0, 0.05) is 17.7 Å². The van der Waals surface area contributed by atoms with Gasteiger partial charge in [0.25, 0.3) is 0 Å². The van der Waals surface area contributed by atoms with Crippen LogP contribution in [0.4, 0.5) is 0 Å². The van der Waals surface area contributed by atoms with E-state index in [4.69, 9.17) is 28.1 Å². The molecule has 2 aliphatic heterocycles. The largest absolute Gasteiger partial charge is 0.508 e. The predicted octanol–water partition coefficient (Wildman–Crippen LogP) is -0.451. The summed E-state index contributed by atoms with van der Waals surface area (Å²) >= 11 is 0. The van der Waals surface area contributed by atoms with Crippen molar-refractivity contribution in [3.63, 3.8) is 0 Å². The summed E-state index contributed by atoms with van der Waals surface area (Å²) in [4.78, 5) is 13.0. The molecule has 2 aliphatic rings. The van der Waals surface area contributed by atoms with E-state index in [9.17, 15) is 40.5 Å². The quantitative estimate of drug-likeness (QED) is 0.197. The van der Waals surface area contributed by atoms with Crippen LogP contribution >= 0.6 is 0 Å². The molecular weight excluding hydrogens is 548 g/mol. The molecule has 3 aromatic rings. The molecule has 0 amide bonds. The van der Waals surface area contributed by atoms with Crippen LogP contribution in [0, 0.1) is 0 Å². The summed E-state index contributed by atoms with van der Waals surface area (Å²) in [6, 6.07) is 8.40. The molecule has 0 saturated carbocycles. The van der Waals surface area contributed by atoms with Crippen molar-refractivity contribution in [2.45, 2.75) is 62.2 Å². The third-order valence-corrected chi connectivity index (χ3v) is 7.07. The second-order valence-corrected chi connectivity index (χ2v) is 9.81. The monoisotopic (exact) mass is 578 g/mol. The smallest absolute Gasteiger partial charge is 0.229 e. The third kappa shape index (κ3) is 5.43. The van der Waals surface area contributed by atoms with Crippen LogP contribution < -0.4 is 14.9 Å². The van der Waals surface area contributed by atoms with Gasteiger partial charge in [-0.2, -0.15) is 0 Å². The first-order chi connectivity index (χ1) is 19.5. The van der Waals surface area contributed by atoms with E-state index in [0.29, 0.717) is 5.56 Å². The molecule has 222 valence electrons. The van der Waals surface area contributed by atoms with Gasteiger partial charge in [0.2, 0.25) is 12.0 Å². The first-order valence-electron chi connectivity index (χ1n) is 12.7. The fourth-order valence-corrected chi connectivity index (χ4v) is 4.70. The topological polar surface area (TPSA) is 218 Å². The van der Waals surface area contributed by atoms with Crippen LogP contribution in [0.3, 0.4) is 0 Å². The maximum absolute atomic E-state index is 13.0. The van der Waals surface area contributed by atoms with Crippen molar-refractivity contribution < 1.29 is 63.8 Å². The fourth-order valence-electron chi connectivity index (χ4n) is 4.70. The Morgan fingerprint density at radius 2 is 1.56 bits per heavy atom. The van der Waals surface area contributed by atoms with Crippen molar-refractivity contribution in [1.82, 2.24) is 0 Å². The molecule has 0 bridgehead atoms. The summed E-state index contributed by atoms with van der Waals surface area (Å²) < 4.78 is 33.2. The Kier molecular flexibility index (Phi) is 8.09. The zero-order valence-corrected chi connectivity index (χ0v) is 21.9. The lowest BCUT2D eigenvalue weighted by atomic mass is 9.99. The summed E-state index contributed by atoms with van der Waals surface area (Å²) in [5.74, 6) is -0.904. The Hall–Kier alpha value is -3.47. The van der Waals surface area contributed by atoms with Crippen LogP contribution in [0.5, 0.6) is 23.0 Å². The van der Waals surface area contributed by atoms with Crippen LogP contribution in [0.25, 0.3) is 22.3 Å². The zero-order valence-electron chi connectivity index (χ0n) is 21.9. The van der Waals surface area contributed by atoms with Crippen LogP contribution in [-0.2, 0) is 14.2 Å². The van der Waals surface area contributed by atoms with E-state index in [2.05, 4.69) is 0 Å². The number of rotatable bonds is 6. The number of aliphatic hydroxyl groups is 5. The molecule has 9 unspecified atom stereocenters. The Morgan fingerprint density at radius 1 is 0.878 bits per heavy atom. The van der Waals surface area contributed by atoms with E-state index in [0.717, 1.165) is 6.07 Å². The lowest BCUT2D eigenvalue weighted by Gasteiger charge is -2.43. The fraction of sp³-hybridized carbons (Fsp3) is 0.444. The van der Waals surface area contributed by atoms with Gasteiger partial charge in [0.1, 0.15) is 59.1 Å². The molecule has 3 heterocycles. The Morgan fingerprint density at radius 3 is 2.24 bits per heavy atom. The van der Waals surface area contributed by atoms with Crippen molar-refractivity contribution in [1.29, 1.82) is 0 Å². The Bertz CT molecular complexity index is 1440. The number of benzene rings is 2. The second kappa shape index (κ2) is 11.4. The highest BCUT2D eigenvalue weighted by Gasteiger charge is 2.47. The summed E-state index contributed by atoms with van der Waals surface area (Å²) in [7, 11) is 1.27. The van der Waals surface area contributed by atoms with Crippen LogP contribution in [-0.4, -0.2) is 105 Å². The van der Waals surface area contributed by atoms with Gasteiger partial charge in [-0.15, -0.1) is 0 Å². The highest BCUT2D eigenvalue weighted by Crippen LogP contribution is 2.43. The minimum absolute atomic E-state index is 0.0289. The van der Waals surface area contributed by atoms with E-state index in [-0.39, 0.29) is 40.6 Å². The van der Waals surface area contributed by atoms with Crippen molar-refractivity contribution >= 4 is 11.0 Å². The molecule has 9 atom stereocenters. The normalized spacial score (nSPS) is 32.1. The molecular formula is C27H30O14. The van der Waals surface area contributed by atoms with Crippen molar-refractivity contribution in [3.05, 3.63) is 46.6 Å². The first kappa shape index (κ1) is 29.0. The zero-order chi connectivity index (χ0) is 29.6. The lowest BCUT2D eigenvalue weighted by Crippen LogP contribution is -2.61. The van der Waals surface area contributed by atoms with E-state index in [1.807, 2.05) is 0 Å². The van der Waals surface area contributed by atoms with Crippen LogP contribution in [0.1, 0.15) is 6.92 Å². The summed E-state index contributed by atoms with van der Waals surface area (Å²) in [6.45, 7) is 1.08. The van der Waals surface area contributed by atoms with Gasteiger partial charge < -0.3 is 63.8 Å². The number of fused-ring (bicyclic) bond motifs is 1. The number of phenols is 2. The molecule has 2 saturated heterocycles. The standard InChI is InChI=1S/C27H30O14/c1-10-19(30)22(33)24(35)27(38-10)40-17-9-37-26(23(34)20(17)31)41-25-16(36-2)8-15-18(21(25)32)13(29)7-14(39-15)11-3-5-12(28)6-4-11/h3-8,10,17,19-20,22-24,26-28,30-35H,9H2,1-2H3. The van der Waals surface area contributed by atoms with Crippen LogP contribution in [0.15, 0.2) is 45.6 Å². The number of phenolic OH excluding ortho intramolecular Hbond substituents is 2. The summed E-state index contributed by atoms with van der Waals surface area (Å²) in [5, 5.41) is 71.7. The highest BCUT2D eigenvalue weighted by atomic mass is 16.7. The van der Waals surface area contributed by atoms with E-state index in [1.54, 1.807) is 12.1 Å². The van der Waals surface area contributed by atoms with Gasteiger partial charge >= 0.3 is 0 Å². The molecule has 0 aliphatic carbocycles. The molecule has 2 aromatic carbocycles. The third-order valence-electron chi connectivity index (χ3n) is 7.07. The molecule has 14 nitrogen and oxygen atoms in total. The summed E-state index contributed by atoms with van der Waals surface area (Å²) in [5.41, 5.74) is -0.157. The lowest BCUT2D eigenvalue weighted by molar-refractivity contribution is -0.333. The molecule has 1 aromatic heterocycles. The number of aliphatic hydroxyl groups excluding tert-OH is 5. The molecule has 41 heavy (non-hydrogen) atoms. The minimum atomic E-state index is -1.75. The van der Waals surface area contributed by atoms with Gasteiger partial charge in [-0.05, 0) is 31.2 Å². The molecule has 5 rings (SSSR count).